The molecule has 0 N–H and O–H groups in total. The Balaban J connectivity index is 2.29. The monoisotopic (exact) mass is 229 g/mol. The lowest BCUT2D eigenvalue weighted by Crippen LogP contribution is -2.23. The highest BCUT2D eigenvalue weighted by Gasteiger charge is 2.25. The summed E-state index contributed by atoms with van der Waals surface area (Å²) in [6, 6.07) is 8.26. The van der Waals surface area contributed by atoms with Crippen molar-refractivity contribution in [3.05, 3.63) is 59.3 Å². The molecule has 1 aromatic rings. The van der Waals surface area contributed by atoms with Crippen molar-refractivity contribution >= 4 is 22.3 Å². The smallest absolute Gasteiger partial charge is 0.0555 e. The molecule has 3 rings (SSSR count). The van der Waals surface area contributed by atoms with E-state index in [2.05, 4.69) is 42.3 Å². The minimum Gasteiger partial charge on any atom is -0.344 e. The number of rotatable bonds is 0. The van der Waals surface area contributed by atoms with Gasteiger partial charge in [0.15, 0.2) is 0 Å². The molecule has 1 aromatic carbocycles. The van der Waals surface area contributed by atoms with Crippen molar-refractivity contribution in [1.82, 2.24) is 0 Å². The molecular weight excluding hydrogens is 218 g/mol. The van der Waals surface area contributed by atoms with Crippen molar-refractivity contribution in [3.63, 3.8) is 0 Å². The van der Waals surface area contributed by atoms with Crippen molar-refractivity contribution in [2.45, 2.75) is 6.42 Å². The van der Waals surface area contributed by atoms with Gasteiger partial charge in [0.05, 0.1) is 5.03 Å². The molecule has 1 nitrogen and oxygen atoms in total. The Labute approximate surface area is 100 Å². The number of nitrogens with zero attached hydrogens (tertiary/aromatic N) is 1. The highest BCUT2D eigenvalue weighted by Crippen LogP contribution is 2.43. The van der Waals surface area contributed by atoms with Crippen LogP contribution >= 0.6 is 11.6 Å². The molecule has 1 aliphatic carbocycles. The topological polar surface area (TPSA) is 3.24 Å². The van der Waals surface area contributed by atoms with E-state index in [0.29, 0.717) is 0 Å². The number of para-hydroxylation sites is 1. The SMILES string of the molecule is CN1C2=CC=CCC2=C(Cl)c2ccccc21. The summed E-state index contributed by atoms with van der Waals surface area (Å²) in [5.41, 5.74) is 4.75. The summed E-state index contributed by atoms with van der Waals surface area (Å²) < 4.78 is 0. The molecule has 0 saturated carbocycles. The van der Waals surface area contributed by atoms with Gasteiger partial charge in [0, 0.05) is 24.0 Å². The summed E-state index contributed by atoms with van der Waals surface area (Å²) in [7, 11) is 2.09. The van der Waals surface area contributed by atoms with Crippen molar-refractivity contribution in [2.24, 2.45) is 0 Å². The zero-order valence-electron chi connectivity index (χ0n) is 9.07. The number of allylic oxidation sites excluding steroid dienone is 4. The minimum atomic E-state index is 0.893. The molecule has 2 heteroatoms. The lowest BCUT2D eigenvalue weighted by Gasteiger charge is -2.33. The summed E-state index contributed by atoms with van der Waals surface area (Å²) in [6.45, 7) is 0. The maximum atomic E-state index is 6.46. The summed E-state index contributed by atoms with van der Waals surface area (Å²) in [5.74, 6) is 0. The zero-order valence-corrected chi connectivity index (χ0v) is 9.83. The first kappa shape index (κ1) is 9.73. The second-order valence-electron chi connectivity index (χ2n) is 4.05. The molecule has 0 amide bonds. The Hall–Kier alpha value is -1.47. The average molecular weight is 230 g/mol. The Morgan fingerprint density at radius 2 is 2.06 bits per heavy atom. The zero-order chi connectivity index (χ0) is 11.1. The van der Waals surface area contributed by atoms with Gasteiger partial charge in [-0.2, -0.15) is 0 Å². The Morgan fingerprint density at radius 3 is 2.94 bits per heavy atom. The first-order valence-electron chi connectivity index (χ1n) is 5.38. The molecular formula is C14H12ClN. The third-order valence-electron chi connectivity index (χ3n) is 3.15. The average Bonchev–Trinajstić information content (AvgIpc) is 2.36. The standard InChI is InChI=1S/C14H12ClN/c1-16-12-8-4-2-6-10(12)14(15)11-7-3-5-9-13(11)16/h2-6,8-9H,7H2,1H3. The summed E-state index contributed by atoms with van der Waals surface area (Å²) in [4.78, 5) is 2.21. The normalized spacial score (nSPS) is 18.1. The van der Waals surface area contributed by atoms with Crippen molar-refractivity contribution in [1.29, 1.82) is 0 Å². The van der Waals surface area contributed by atoms with Gasteiger partial charge in [-0.05, 0) is 24.1 Å². The van der Waals surface area contributed by atoms with Gasteiger partial charge in [0.1, 0.15) is 0 Å². The van der Waals surface area contributed by atoms with Crippen LogP contribution in [0.3, 0.4) is 0 Å². The number of hydrogen-bond acceptors (Lipinski definition) is 1. The lowest BCUT2D eigenvalue weighted by molar-refractivity contribution is 1.04. The quantitative estimate of drug-likeness (QED) is 0.652. The predicted molar refractivity (Wildman–Crippen MR) is 69.5 cm³/mol. The van der Waals surface area contributed by atoms with E-state index >= 15 is 0 Å². The third-order valence-corrected chi connectivity index (χ3v) is 3.58. The highest BCUT2D eigenvalue weighted by molar-refractivity contribution is 6.50. The number of benzene rings is 1. The van der Waals surface area contributed by atoms with Gasteiger partial charge < -0.3 is 4.90 Å². The van der Waals surface area contributed by atoms with Crippen LogP contribution in [-0.2, 0) is 0 Å². The van der Waals surface area contributed by atoms with Gasteiger partial charge in [-0.15, -0.1) is 0 Å². The van der Waals surface area contributed by atoms with Crippen molar-refractivity contribution < 1.29 is 0 Å². The fourth-order valence-corrected chi connectivity index (χ4v) is 2.64. The van der Waals surface area contributed by atoms with Crippen LogP contribution in [0.4, 0.5) is 5.69 Å². The molecule has 0 aromatic heterocycles. The number of likely N-dealkylation sites (N-methyl/N-ethyl adjacent to an activating group) is 1. The molecule has 2 aliphatic rings. The Bertz CT molecular complexity index is 537. The Kier molecular flexibility index (Phi) is 2.15. The van der Waals surface area contributed by atoms with Crippen LogP contribution in [0.2, 0.25) is 0 Å². The van der Waals surface area contributed by atoms with E-state index in [9.17, 15) is 0 Å². The van der Waals surface area contributed by atoms with Gasteiger partial charge in [-0.1, -0.05) is 42.0 Å². The second-order valence-corrected chi connectivity index (χ2v) is 4.43. The van der Waals surface area contributed by atoms with Gasteiger partial charge >= 0.3 is 0 Å². The molecule has 0 bridgehead atoms. The summed E-state index contributed by atoms with van der Waals surface area (Å²) in [6.07, 6.45) is 7.27. The van der Waals surface area contributed by atoms with Gasteiger partial charge in [0.25, 0.3) is 0 Å². The van der Waals surface area contributed by atoms with E-state index in [1.165, 1.54) is 17.0 Å². The van der Waals surface area contributed by atoms with Crippen LogP contribution in [0.25, 0.3) is 5.03 Å². The molecule has 0 unspecified atom stereocenters. The maximum absolute atomic E-state index is 6.46. The van der Waals surface area contributed by atoms with Crippen molar-refractivity contribution in [3.8, 4) is 0 Å². The van der Waals surface area contributed by atoms with E-state index in [4.69, 9.17) is 11.6 Å². The van der Waals surface area contributed by atoms with Gasteiger partial charge in [-0.25, -0.2) is 0 Å². The number of fused-ring (bicyclic) bond motifs is 2. The third kappa shape index (κ3) is 1.25. The molecule has 0 atom stereocenters. The molecule has 1 heterocycles. The van der Waals surface area contributed by atoms with Crippen LogP contribution < -0.4 is 4.90 Å². The summed E-state index contributed by atoms with van der Waals surface area (Å²) >= 11 is 6.46. The molecule has 0 radical (unpaired) electrons. The van der Waals surface area contributed by atoms with Crippen LogP contribution in [0.5, 0.6) is 0 Å². The van der Waals surface area contributed by atoms with E-state index in [1.807, 2.05) is 12.1 Å². The molecule has 80 valence electrons. The molecule has 16 heavy (non-hydrogen) atoms. The fourth-order valence-electron chi connectivity index (χ4n) is 2.31. The van der Waals surface area contributed by atoms with Crippen molar-refractivity contribution in [2.75, 3.05) is 11.9 Å². The molecule has 0 spiro atoms. The Morgan fingerprint density at radius 1 is 1.25 bits per heavy atom. The summed E-state index contributed by atoms with van der Waals surface area (Å²) in [5, 5.41) is 0.893. The lowest BCUT2D eigenvalue weighted by atomic mass is 9.94. The largest absolute Gasteiger partial charge is 0.344 e. The number of hydrogen-bond donors (Lipinski definition) is 0. The van der Waals surface area contributed by atoms with E-state index in [1.54, 1.807) is 0 Å². The van der Waals surface area contributed by atoms with Gasteiger partial charge in [-0.3, -0.25) is 0 Å². The minimum absolute atomic E-state index is 0.893. The maximum Gasteiger partial charge on any atom is 0.0555 e. The number of halogens is 1. The van der Waals surface area contributed by atoms with Crippen LogP contribution in [0, 0.1) is 0 Å². The second kappa shape index (κ2) is 3.53. The van der Waals surface area contributed by atoms with Crippen LogP contribution in [0.1, 0.15) is 12.0 Å². The van der Waals surface area contributed by atoms with Crippen LogP contribution in [0.15, 0.2) is 53.8 Å². The molecule has 0 saturated heterocycles. The molecule has 0 fully saturated rings. The first-order valence-corrected chi connectivity index (χ1v) is 5.76. The predicted octanol–water partition coefficient (Wildman–Crippen LogP) is 3.93. The number of anilines is 1. The highest BCUT2D eigenvalue weighted by atomic mass is 35.5. The first-order chi connectivity index (χ1) is 7.79. The van der Waals surface area contributed by atoms with E-state index in [0.717, 1.165) is 17.0 Å². The van der Waals surface area contributed by atoms with Gasteiger partial charge in [0.2, 0.25) is 0 Å². The molecule has 1 aliphatic heterocycles. The van der Waals surface area contributed by atoms with Crippen LogP contribution in [-0.4, -0.2) is 7.05 Å². The van der Waals surface area contributed by atoms with E-state index < -0.39 is 0 Å². The van der Waals surface area contributed by atoms with E-state index in [-0.39, 0.29) is 0 Å². The fraction of sp³-hybridized carbons (Fsp3) is 0.143.